The van der Waals surface area contributed by atoms with Crippen LogP contribution >= 0.6 is 7.82 Å². The highest BCUT2D eigenvalue weighted by atomic mass is 31.2. The number of carbonyl (C=O) groups excluding carboxylic acids is 1. The highest BCUT2D eigenvalue weighted by molar-refractivity contribution is 7.47. The van der Waals surface area contributed by atoms with E-state index in [1.807, 2.05) is 0 Å². The highest BCUT2D eigenvalue weighted by Gasteiger charge is 2.25. The van der Waals surface area contributed by atoms with Gasteiger partial charge in [0.15, 0.2) is 0 Å². The van der Waals surface area contributed by atoms with Gasteiger partial charge in [-0.1, -0.05) is 166 Å². The molecule has 0 rings (SSSR count). The Kier molecular flexibility index (Phi) is 41.8. The van der Waals surface area contributed by atoms with Gasteiger partial charge < -0.3 is 20.1 Å². The summed E-state index contributed by atoms with van der Waals surface area (Å²) in [7, 11) is -4.28. The second-order valence-corrected chi connectivity index (χ2v) is 16.4. The third-order valence-electron chi connectivity index (χ3n) is 9.53. The van der Waals surface area contributed by atoms with E-state index in [-0.39, 0.29) is 32.3 Å². The maximum Gasteiger partial charge on any atom is 0.472 e. The quantitative estimate of drug-likeness (QED) is 0.0272. The molecule has 0 spiro atoms. The Bertz CT molecular complexity index is 926. The monoisotopic (exact) mass is 784 g/mol. The van der Waals surface area contributed by atoms with E-state index in [0.717, 1.165) is 51.4 Å². The molecule has 9 heteroatoms. The number of phosphoric acid groups is 1. The summed E-state index contributed by atoms with van der Waals surface area (Å²) in [5, 5.41) is 0. The molecule has 0 saturated carbocycles. The first-order valence-corrected chi connectivity index (χ1v) is 24.0. The minimum absolute atomic E-state index is 0.0979. The van der Waals surface area contributed by atoms with Crippen molar-refractivity contribution < 1.29 is 32.8 Å². The molecular weight excluding hydrogens is 697 g/mol. The van der Waals surface area contributed by atoms with Gasteiger partial charge in [0.25, 0.3) is 0 Å². The van der Waals surface area contributed by atoms with Gasteiger partial charge in [0.2, 0.25) is 0 Å². The van der Waals surface area contributed by atoms with Crippen LogP contribution in [0, 0.1) is 0 Å². The number of unbranched alkanes of at least 4 members (excludes halogenated alkanes) is 24. The van der Waals surface area contributed by atoms with Crippen molar-refractivity contribution in [1.82, 2.24) is 0 Å². The molecular formula is C45H86NO7P. The fraction of sp³-hybridized carbons (Fsp3) is 0.844. The average molecular weight is 784 g/mol. The number of nitrogens with two attached hydrogens (primary N) is 1. The summed E-state index contributed by atoms with van der Waals surface area (Å²) in [4.78, 5) is 22.5. The summed E-state index contributed by atoms with van der Waals surface area (Å²) in [6.45, 7) is 4.90. The molecule has 0 aliphatic carbocycles. The SMILES string of the molecule is CCCCCC/C=C\C/C=C\CCCCCCCCCCOCC(COP(=O)(O)OCCN)OC(=O)CCCCCCC/C=C\CCCCCCCCC. The van der Waals surface area contributed by atoms with Crippen molar-refractivity contribution in [2.45, 2.75) is 213 Å². The van der Waals surface area contributed by atoms with Crippen molar-refractivity contribution in [1.29, 1.82) is 0 Å². The molecule has 8 nitrogen and oxygen atoms in total. The van der Waals surface area contributed by atoms with Gasteiger partial charge in [-0.3, -0.25) is 13.8 Å². The molecule has 3 N–H and O–H groups in total. The second-order valence-electron chi connectivity index (χ2n) is 14.9. The van der Waals surface area contributed by atoms with Gasteiger partial charge in [0.05, 0.1) is 19.8 Å². The lowest BCUT2D eigenvalue weighted by Gasteiger charge is -2.20. The van der Waals surface area contributed by atoms with Crippen LogP contribution < -0.4 is 5.73 Å². The summed E-state index contributed by atoms with van der Waals surface area (Å²) in [5.74, 6) is -0.340. The maximum absolute atomic E-state index is 12.6. The number of hydrogen-bond donors (Lipinski definition) is 2. The Balaban J connectivity index is 4.03. The topological polar surface area (TPSA) is 117 Å². The van der Waals surface area contributed by atoms with Crippen LogP contribution in [0.15, 0.2) is 36.5 Å². The molecule has 0 aliphatic heterocycles. The van der Waals surface area contributed by atoms with Gasteiger partial charge in [-0.05, 0) is 70.6 Å². The Hall–Kier alpha value is -1.28. The lowest BCUT2D eigenvalue weighted by atomic mass is 10.1. The van der Waals surface area contributed by atoms with Crippen molar-refractivity contribution in [3.8, 4) is 0 Å². The van der Waals surface area contributed by atoms with E-state index in [1.165, 1.54) is 135 Å². The number of carbonyl (C=O) groups is 1. The van der Waals surface area contributed by atoms with E-state index < -0.39 is 13.9 Å². The number of rotatable bonds is 43. The summed E-state index contributed by atoms with van der Waals surface area (Å²) >= 11 is 0. The zero-order chi connectivity index (χ0) is 39.5. The molecule has 0 heterocycles. The normalized spacial score (nSPS) is 13.8. The van der Waals surface area contributed by atoms with E-state index in [9.17, 15) is 14.3 Å². The van der Waals surface area contributed by atoms with Gasteiger partial charge in [0, 0.05) is 19.6 Å². The van der Waals surface area contributed by atoms with Gasteiger partial charge >= 0.3 is 13.8 Å². The van der Waals surface area contributed by atoms with E-state index in [4.69, 9.17) is 24.3 Å². The molecule has 0 fully saturated rings. The largest absolute Gasteiger partial charge is 0.472 e. The summed E-state index contributed by atoms with van der Waals surface area (Å²) in [6.07, 6.45) is 48.7. The smallest absolute Gasteiger partial charge is 0.457 e. The summed E-state index contributed by atoms with van der Waals surface area (Å²) in [5.41, 5.74) is 5.37. The van der Waals surface area contributed by atoms with E-state index >= 15 is 0 Å². The maximum atomic E-state index is 12.6. The van der Waals surface area contributed by atoms with Gasteiger partial charge in [-0.2, -0.15) is 0 Å². The van der Waals surface area contributed by atoms with Crippen molar-refractivity contribution >= 4 is 13.8 Å². The zero-order valence-corrected chi connectivity index (χ0v) is 36.1. The fourth-order valence-corrected chi connectivity index (χ4v) is 6.96. The number of hydrogen-bond acceptors (Lipinski definition) is 7. The lowest BCUT2D eigenvalue weighted by Crippen LogP contribution is -2.28. The van der Waals surface area contributed by atoms with Gasteiger partial charge in [-0.15, -0.1) is 0 Å². The molecule has 318 valence electrons. The number of ether oxygens (including phenoxy) is 2. The molecule has 0 amide bonds. The highest BCUT2D eigenvalue weighted by Crippen LogP contribution is 2.43. The number of esters is 1. The molecule has 0 aliphatic rings. The molecule has 0 radical (unpaired) electrons. The van der Waals surface area contributed by atoms with Crippen LogP contribution in [0.1, 0.15) is 206 Å². The fourth-order valence-electron chi connectivity index (χ4n) is 6.20. The molecule has 2 atom stereocenters. The predicted octanol–water partition coefficient (Wildman–Crippen LogP) is 13.4. The molecule has 0 aromatic heterocycles. The van der Waals surface area contributed by atoms with E-state index in [2.05, 4.69) is 50.3 Å². The molecule has 0 bridgehead atoms. The van der Waals surface area contributed by atoms with Crippen LogP contribution in [0.25, 0.3) is 0 Å². The van der Waals surface area contributed by atoms with Crippen LogP contribution in [0.3, 0.4) is 0 Å². The van der Waals surface area contributed by atoms with Crippen molar-refractivity contribution in [2.75, 3.05) is 33.0 Å². The number of allylic oxidation sites excluding steroid dienone is 6. The number of phosphoric ester groups is 1. The Morgan fingerprint density at radius 3 is 1.48 bits per heavy atom. The van der Waals surface area contributed by atoms with E-state index in [1.54, 1.807) is 0 Å². The average Bonchev–Trinajstić information content (AvgIpc) is 3.16. The minimum Gasteiger partial charge on any atom is -0.457 e. The first-order chi connectivity index (χ1) is 26.4. The van der Waals surface area contributed by atoms with Gasteiger partial charge in [0.1, 0.15) is 6.10 Å². The summed E-state index contributed by atoms with van der Waals surface area (Å²) < 4.78 is 33.4. The van der Waals surface area contributed by atoms with Crippen molar-refractivity contribution in [2.24, 2.45) is 5.73 Å². The second kappa shape index (κ2) is 42.9. The van der Waals surface area contributed by atoms with Crippen LogP contribution in [0.4, 0.5) is 0 Å². The van der Waals surface area contributed by atoms with Crippen LogP contribution in [0.2, 0.25) is 0 Å². The molecule has 54 heavy (non-hydrogen) atoms. The Labute approximate surface area is 333 Å². The minimum atomic E-state index is -4.28. The Morgan fingerprint density at radius 2 is 0.981 bits per heavy atom. The van der Waals surface area contributed by atoms with Gasteiger partial charge in [-0.25, -0.2) is 4.57 Å². The van der Waals surface area contributed by atoms with Crippen molar-refractivity contribution in [3.63, 3.8) is 0 Å². The first kappa shape index (κ1) is 52.7. The van der Waals surface area contributed by atoms with Crippen LogP contribution in [-0.2, 0) is 27.9 Å². The lowest BCUT2D eigenvalue weighted by molar-refractivity contribution is -0.154. The molecule has 0 saturated heterocycles. The third kappa shape index (κ3) is 41.9. The molecule has 0 aromatic rings. The Morgan fingerprint density at radius 1 is 0.556 bits per heavy atom. The predicted molar refractivity (Wildman–Crippen MR) is 229 cm³/mol. The van der Waals surface area contributed by atoms with Crippen LogP contribution in [0.5, 0.6) is 0 Å². The third-order valence-corrected chi connectivity index (χ3v) is 10.5. The summed E-state index contributed by atoms with van der Waals surface area (Å²) in [6, 6.07) is 0. The zero-order valence-electron chi connectivity index (χ0n) is 35.2. The first-order valence-electron chi connectivity index (χ1n) is 22.5. The van der Waals surface area contributed by atoms with Crippen LogP contribution in [-0.4, -0.2) is 49.9 Å². The standard InChI is InChI=1S/C45H86NO7P/c1-3-5-7-9-11-13-15-17-19-21-22-23-25-27-29-31-33-35-37-40-50-42-44(43-52-54(48,49)51-41-39-46)53-45(47)38-36-34-32-30-28-26-24-20-18-16-14-12-10-8-6-4-2/h13,15,19-21,24,44H,3-12,14,16-18,22-23,25-43,46H2,1-2H3,(H,48,49)/b15-13-,21-19-,24-20-. The molecule has 0 aromatic carbocycles. The molecule has 2 unspecified atom stereocenters. The van der Waals surface area contributed by atoms with Crippen molar-refractivity contribution in [3.05, 3.63) is 36.5 Å². The van der Waals surface area contributed by atoms with E-state index in [0.29, 0.717) is 13.0 Å².